The van der Waals surface area contributed by atoms with Gasteiger partial charge in [0.15, 0.2) is 4.34 Å². The Kier molecular flexibility index (Phi) is 6.29. The number of urea groups is 1. The first kappa shape index (κ1) is 20.5. The largest absolute Gasteiger partial charge is 0.463 e. The van der Waals surface area contributed by atoms with Gasteiger partial charge in [-0.2, -0.15) is 0 Å². The molecule has 152 valence electrons. The van der Waals surface area contributed by atoms with Crippen molar-refractivity contribution in [3.8, 4) is 0 Å². The standard InChI is InChI=1S/C16H16N6O5S2/c1-2-27-13(23)11-10(7-28-16-21-20-14(17)29-16)18-15(24)19-12(11)8-4-3-5-9(6-8)22(25)26/h3-6,12H,2,7H2,1H3,(H2,17,20)(H2,18,19,24)/t12-/m1/s1. The maximum Gasteiger partial charge on any atom is 0.338 e. The third-order valence-corrected chi connectivity index (χ3v) is 5.74. The molecule has 1 atom stereocenters. The van der Waals surface area contributed by atoms with Gasteiger partial charge in [0.2, 0.25) is 5.13 Å². The third kappa shape index (κ3) is 4.81. The zero-order chi connectivity index (χ0) is 21.0. The number of benzene rings is 1. The van der Waals surface area contributed by atoms with Gasteiger partial charge in [0.25, 0.3) is 5.69 Å². The predicted octanol–water partition coefficient (Wildman–Crippen LogP) is 1.99. The highest BCUT2D eigenvalue weighted by Gasteiger charge is 2.34. The van der Waals surface area contributed by atoms with Crippen molar-refractivity contribution in [2.24, 2.45) is 0 Å². The zero-order valence-electron chi connectivity index (χ0n) is 15.1. The van der Waals surface area contributed by atoms with Crippen molar-refractivity contribution < 1.29 is 19.2 Å². The van der Waals surface area contributed by atoms with Gasteiger partial charge in [-0.05, 0) is 12.5 Å². The van der Waals surface area contributed by atoms with Gasteiger partial charge in [0.05, 0.1) is 23.1 Å². The molecule has 13 heteroatoms. The highest BCUT2D eigenvalue weighted by Crippen LogP contribution is 2.32. The van der Waals surface area contributed by atoms with Crippen LogP contribution in [-0.4, -0.2) is 39.5 Å². The number of anilines is 1. The Morgan fingerprint density at radius 1 is 1.45 bits per heavy atom. The number of non-ortho nitro benzene ring substituents is 1. The molecule has 1 aliphatic heterocycles. The number of ether oxygens (including phenoxy) is 1. The average molecular weight is 436 g/mol. The monoisotopic (exact) mass is 436 g/mol. The van der Waals surface area contributed by atoms with Crippen LogP contribution in [0, 0.1) is 10.1 Å². The van der Waals surface area contributed by atoms with Gasteiger partial charge < -0.3 is 21.1 Å². The fraction of sp³-hybridized carbons (Fsp3) is 0.250. The molecule has 3 rings (SSSR count). The third-order valence-electron chi connectivity index (χ3n) is 3.83. The molecule has 1 aromatic heterocycles. The first-order chi connectivity index (χ1) is 13.9. The number of amides is 2. The van der Waals surface area contributed by atoms with Crippen LogP contribution in [0.5, 0.6) is 0 Å². The van der Waals surface area contributed by atoms with Crippen LogP contribution >= 0.6 is 23.1 Å². The van der Waals surface area contributed by atoms with Crippen LogP contribution in [-0.2, 0) is 9.53 Å². The summed E-state index contributed by atoms with van der Waals surface area (Å²) >= 11 is 2.42. The maximum absolute atomic E-state index is 12.7. The molecule has 2 amide bonds. The van der Waals surface area contributed by atoms with E-state index in [4.69, 9.17) is 10.5 Å². The average Bonchev–Trinajstić information content (AvgIpc) is 3.11. The summed E-state index contributed by atoms with van der Waals surface area (Å²) in [7, 11) is 0. The van der Waals surface area contributed by atoms with E-state index in [1.165, 1.54) is 41.3 Å². The molecule has 0 fully saturated rings. The molecule has 1 aliphatic rings. The highest BCUT2D eigenvalue weighted by atomic mass is 32.2. The molecule has 0 aliphatic carbocycles. The molecular weight excluding hydrogens is 420 g/mol. The Bertz CT molecular complexity index is 992. The van der Waals surface area contributed by atoms with Crippen molar-refractivity contribution in [2.75, 3.05) is 18.1 Å². The Morgan fingerprint density at radius 2 is 2.24 bits per heavy atom. The first-order valence-electron chi connectivity index (χ1n) is 8.32. The molecule has 2 aromatic rings. The molecule has 1 aromatic carbocycles. The Morgan fingerprint density at radius 3 is 2.90 bits per heavy atom. The van der Waals surface area contributed by atoms with Gasteiger partial charge >= 0.3 is 12.0 Å². The number of nitrogen functional groups attached to an aromatic ring is 1. The van der Waals surface area contributed by atoms with E-state index in [0.29, 0.717) is 20.7 Å². The molecule has 11 nitrogen and oxygen atoms in total. The van der Waals surface area contributed by atoms with Gasteiger partial charge in [-0.15, -0.1) is 10.2 Å². The van der Waals surface area contributed by atoms with Crippen LogP contribution in [0.15, 0.2) is 39.9 Å². The lowest BCUT2D eigenvalue weighted by Gasteiger charge is -2.29. The van der Waals surface area contributed by atoms with Gasteiger partial charge in [0.1, 0.15) is 0 Å². The van der Waals surface area contributed by atoms with E-state index in [-0.39, 0.29) is 23.6 Å². The second kappa shape index (κ2) is 8.87. The number of rotatable bonds is 7. The SMILES string of the molecule is CCOC(=O)C1=C(CSc2nnc(N)s2)NC(=O)N[C@@H]1c1cccc([N+](=O)[O-])c1. The fourth-order valence-electron chi connectivity index (χ4n) is 2.66. The molecule has 29 heavy (non-hydrogen) atoms. The van der Waals surface area contributed by atoms with Crippen molar-refractivity contribution in [3.63, 3.8) is 0 Å². The molecule has 0 bridgehead atoms. The van der Waals surface area contributed by atoms with E-state index in [1.54, 1.807) is 13.0 Å². The number of nitro groups is 1. The first-order valence-corrected chi connectivity index (χ1v) is 10.1. The van der Waals surface area contributed by atoms with Gasteiger partial charge in [-0.1, -0.05) is 35.2 Å². The molecule has 2 heterocycles. The number of hydrogen-bond donors (Lipinski definition) is 3. The van der Waals surface area contributed by atoms with Crippen LogP contribution in [0.3, 0.4) is 0 Å². The van der Waals surface area contributed by atoms with E-state index in [0.717, 1.165) is 0 Å². The second-order valence-electron chi connectivity index (χ2n) is 5.69. The number of esters is 1. The van der Waals surface area contributed by atoms with Crippen LogP contribution in [0.25, 0.3) is 0 Å². The summed E-state index contributed by atoms with van der Waals surface area (Å²) in [5.74, 6) is -0.439. The lowest BCUT2D eigenvalue weighted by molar-refractivity contribution is -0.384. The molecular formula is C16H16N6O5S2. The Balaban J connectivity index is 2.00. The lowest BCUT2D eigenvalue weighted by Crippen LogP contribution is -2.46. The molecule has 0 saturated carbocycles. The summed E-state index contributed by atoms with van der Waals surface area (Å²) in [6, 6.07) is 4.28. The van der Waals surface area contributed by atoms with Crippen molar-refractivity contribution >= 4 is 45.9 Å². The number of thioether (sulfide) groups is 1. The number of nitrogens with two attached hydrogens (primary N) is 1. The molecule has 0 unspecified atom stereocenters. The van der Waals surface area contributed by atoms with Crippen LogP contribution in [0.1, 0.15) is 18.5 Å². The van der Waals surface area contributed by atoms with Crippen LogP contribution in [0.4, 0.5) is 15.6 Å². The zero-order valence-corrected chi connectivity index (χ0v) is 16.7. The number of aromatic nitrogens is 2. The van der Waals surface area contributed by atoms with E-state index in [1.807, 2.05) is 0 Å². The Hall–Kier alpha value is -3.19. The number of carbonyl (C=O) groups is 2. The fourth-order valence-corrected chi connectivity index (χ4v) is 4.27. The maximum atomic E-state index is 12.7. The summed E-state index contributed by atoms with van der Waals surface area (Å²) in [6.45, 7) is 1.79. The quantitative estimate of drug-likeness (QED) is 0.255. The van der Waals surface area contributed by atoms with Crippen LogP contribution in [0.2, 0.25) is 0 Å². The minimum Gasteiger partial charge on any atom is -0.463 e. The molecule has 0 saturated heterocycles. The second-order valence-corrected chi connectivity index (χ2v) is 7.92. The van der Waals surface area contributed by atoms with Gasteiger partial charge in [0, 0.05) is 23.6 Å². The number of nitrogens with one attached hydrogen (secondary N) is 2. The van der Waals surface area contributed by atoms with Crippen molar-refractivity contribution in [2.45, 2.75) is 17.3 Å². The van der Waals surface area contributed by atoms with E-state index in [9.17, 15) is 19.7 Å². The van der Waals surface area contributed by atoms with E-state index < -0.39 is 23.0 Å². The van der Waals surface area contributed by atoms with Gasteiger partial charge in [-0.25, -0.2) is 9.59 Å². The van der Waals surface area contributed by atoms with E-state index >= 15 is 0 Å². The summed E-state index contributed by atoms with van der Waals surface area (Å²) in [4.78, 5) is 35.5. The summed E-state index contributed by atoms with van der Waals surface area (Å²) < 4.78 is 5.72. The minimum atomic E-state index is -0.905. The number of nitro benzene ring substituents is 1. The number of nitrogens with zero attached hydrogens (tertiary/aromatic N) is 3. The smallest absolute Gasteiger partial charge is 0.338 e. The van der Waals surface area contributed by atoms with Gasteiger partial charge in [-0.3, -0.25) is 10.1 Å². The number of carbonyl (C=O) groups excluding carboxylic acids is 2. The molecule has 0 spiro atoms. The molecule has 4 N–H and O–H groups in total. The summed E-state index contributed by atoms with van der Waals surface area (Å²) in [6.07, 6.45) is 0. The predicted molar refractivity (Wildman–Crippen MR) is 106 cm³/mol. The van der Waals surface area contributed by atoms with Crippen molar-refractivity contribution in [1.29, 1.82) is 0 Å². The highest BCUT2D eigenvalue weighted by molar-refractivity contribution is 8.01. The summed E-state index contributed by atoms with van der Waals surface area (Å²) in [5.41, 5.74) is 6.29. The molecule has 0 radical (unpaired) electrons. The number of hydrogen-bond acceptors (Lipinski definition) is 10. The summed E-state index contributed by atoms with van der Waals surface area (Å²) in [5, 5.41) is 24.3. The normalized spacial score (nSPS) is 16.2. The Labute approximate surface area is 172 Å². The van der Waals surface area contributed by atoms with E-state index in [2.05, 4.69) is 20.8 Å². The van der Waals surface area contributed by atoms with Crippen molar-refractivity contribution in [3.05, 3.63) is 51.2 Å². The van der Waals surface area contributed by atoms with Crippen LogP contribution < -0.4 is 16.4 Å². The topological polar surface area (TPSA) is 162 Å². The van der Waals surface area contributed by atoms with Crippen molar-refractivity contribution in [1.82, 2.24) is 20.8 Å². The minimum absolute atomic E-state index is 0.130. The lowest BCUT2D eigenvalue weighted by atomic mass is 9.95.